The lowest BCUT2D eigenvalue weighted by molar-refractivity contribution is 0.0958. The van der Waals surface area contributed by atoms with Crippen molar-refractivity contribution in [2.75, 3.05) is 0 Å². The highest BCUT2D eigenvalue weighted by atomic mass is 16.5. The number of carbonyl (C=O) groups is 1. The molecule has 1 aromatic carbocycles. The van der Waals surface area contributed by atoms with Gasteiger partial charge in [0.2, 0.25) is 0 Å². The summed E-state index contributed by atoms with van der Waals surface area (Å²) in [5.41, 5.74) is 6.67. The van der Waals surface area contributed by atoms with E-state index in [1.54, 1.807) is 0 Å². The first-order valence-electron chi connectivity index (χ1n) is 5.00. The monoisotopic (exact) mass is 233 g/mol. The summed E-state index contributed by atoms with van der Waals surface area (Å²) in [5, 5.41) is 12.8. The molecule has 0 aliphatic carbocycles. The van der Waals surface area contributed by atoms with Crippen LogP contribution in [0.15, 0.2) is 28.8 Å². The molecule has 1 amide bonds. The molecule has 0 saturated carbocycles. The van der Waals surface area contributed by atoms with Crippen molar-refractivity contribution in [2.45, 2.75) is 13.0 Å². The van der Waals surface area contributed by atoms with Gasteiger partial charge in [-0.2, -0.15) is 4.98 Å². The van der Waals surface area contributed by atoms with E-state index in [2.05, 4.69) is 14.7 Å². The summed E-state index contributed by atoms with van der Waals surface area (Å²) >= 11 is 0. The van der Waals surface area contributed by atoms with E-state index in [9.17, 15) is 4.79 Å². The van der Waals surface area contributed by atoms with Gasteiger partial charge in [0.15, 0.2) is 5.82 Å². The van der Waals surface area contributed by atoms with E-state index >= 15 is 0 Å². The van der Waals surface area contributed by atoms with E-state index in [0.717, 1.165) is 11.1 Å². The van der Waals surface area contributed by atoms with E-state index in [-0.39, 0.29) is 12.5 Å². The smallest absolute Gasteiger partial charge is 0.315 e. The van der Waals surface area contributed by atoms with Crippen molar-refractivity contribution in [2.24, 2.45) is 5.73 Å². The Morgan fingerprint density at radius 2 is 2.06 bits per heavy atom. The first-order chi connectivity index (χ1) is 8.20. The molecular formula is C11H11N3O3. The van der Waals surface area contributed by atoms with E-state index in [4.69, 9.17) is 10.8 Å². The molecule has 0 aliphatic heterocycles. The first-order valence-corrected chi connectivity index (χ1v) is 5.00. The Bertz CT molecular complexity index is 536. The minimum absolute atomic E-state index is 0.0588. The average Bonchev–Trinajstić information content (AvgIpc) is 2.78. The Morgan fingerprint density at radius 1 is 1.35 bits per heavy atom. The topological polar surface area (TPSA) is 102 Å². The van der Waals surface area contributed by atoms with Crippen LogP contribution >= 0.6 is 0 Å². The molecule has 6 heteroatoms. The number of aliphatic hydroxyl groups is 1. The minimum atomic E-state index is -0.751. The summed E-state index contributed by atoms with van der Waals surface area (Å²) < 4.78 is 4.67. The zero-order chi connectivity index (χ0) is 12.3. The van der Waals surface area contributed by atoms with Crippen LogP contribution in [-0.2, 0) is 13.0 Å². The standard InChI is InChI=1S/C11H11N3O3/c12-10(16)11-13-9(14-17-11)5-7-3-1-2-4-8(7)6-15/h1-4,15H,5-6H2,(H2,12,16). The first kappa shape index (κ1) is 11.3. The van der Waals surface area contributed by atoms with Crippen molar-refractivity contribution in [3.8, 4) is 0 Å². The molecule has 2 rings (SSSR count). The van der Waals surface area contributed by atoms with E-state index in [1.165, 1.54) is 0 Å². The van der Waals surface area contributed by atoms with E-state index in [0.29, 0.717) is 12.2 Å². The third-order valence-corrected chi connectivity index (χ3v) is 2.32. The van der Waals surface area contributed by atoms with Gasteiger partial charge in [-0.05, 0) is 11.1 Å². The number of hydrogen-bond acceptors (Lipinski definition) is 5. The molecule has 0 atom stereocenters. The summed E-state index contributed by atoms with van der Waals surface area (Å²) in [7, 11) is 0. The number of nitrogens with two attached hydrogens (primary N) is 1. The van der Waals surface area contributed by atoms with Crippen LogP contribution in [0.2, 0.25) is 0 Å². The third-order valence-electron chi connectivity index (χ3n) is 2.32. The Balaban J connectivity index is 2.22. The molecule has 3 N–H and O–H groups in total. The summed E-state index contributed by atoms with van der Waals surface area (Å²) in [6, 6.07) is 7.35. The number of amides is 1. The summed E-state index contributed by atoms with van der Waals surface area (Å²) in [6.45, 7) is -0.0588. The molecule has 1 heterocycles. The Kier molecular flexibility index (Phi) is 3.15. The fraction of sp³-hybridized carbons (Fsp3) is 0.182. The van der Waals surface area contributed by atoms with Crippen molar-refractivity contribution in [1.29, 1.82) is 0 Å². The third kappa shape index (κ3) is 2.48. The number of aliphatic hydroxyl groups excluding tert-OH is 1. The molecule has 0 unspecified atom stereocenters. The van der Waals surface area contributed by atoms with Crippen molar-refractivity contribution < 1.29 is 14.4 Å². The fourth-order valence-electron chi connectivity index (χ4n) is 1.48. The number of primary amides is 1. The van der Waals surface area contributed by atoms with Gasteiger partial charge in [-0.1, -0.05) is 29.4 Å². The molecule has 0 fully saturated rings. The molecule has 0 bridgehead atoms. The molecule has 0 radical (unpaired) electrons. The van der Waals surface area contributed by atoms with Crippen molar-refractivity contribution in [3.63, 3.8) is 0 Å². The number of nitrogens with zero attached hydrogens (tertiary/aromatic N) is 2. The molecular weight excluding hydrogens is 222 g/mol. The van der Waals surface area contributed by atoms with Crippen LogP contribution in [0.3, 0.4) is 0 Å². The quantitative estimate of drug-likeness (QED) is 0.788. The number of benzene rings is 1. The fourth-order valence-corrected chi connectivity index (χ4v) is 1.48. The lowest BCUT2D eigenvalue weighted by atomic mass is 10.1. The van der Waals surface area contributed by atoms with Gasteiger partial charge in [0.1, 0.15) is 0 Å². The number of carbonyl (C=O) groups excluding carboxylic acids is 1. The number of aromatic nitrogens is 2. The highest BCUT2D eigenvalue weighted by molar-refractivity contribution is 5.87. The van der Waals surface area contributed by atoms with Crippen molar-refractivity contribution in [3.05, 3.63) is 47.1 Å². The largest absolute Gasteiger partial charge is 0.392 e. The van der Waals surface area contributed by atoms with Crippen LogP contribution in [0.4, 0.5) is 0 Å². The highest BCUT2D eigenvalue weighted by Crippen LogP contribution is 2.12. The lowest BCUT2D eigenvalue weighted by Gasteiger charge is -2.03. The van der Waals surface area contributed by atoms with Gasteiger partial charge >= 0.3 is 11.8 Å². The molecule has 6 nitrogen and oxygen atoms in total. The molecule has 0 aliphatic rings. The second-order valence-corrected chi connectivity index (χ2v) is 3.48. The predicted molar refractivity (Wildman–Crippen MR) is 58.0 cm³/mol. The maximum atomic E-state index is 10.8. The number of rotatable bonds is 4. The zero-order valence-electron chi connectivity index (χ0n) is 8.96. The van der Waals surface area contributed by atoms with Gasteiger partial charge in [-0.3, -0.25) is 4.79 Å². The van der Waals surface area contributed by atoms with Gasteiger partial charge in [0.25, 0.3) is 0 Å². The summed E-state index contributed by atoms with van der Waals surface area (Å²) in [4.78, 5) is 14.6. The van der Waals surface area contributed by atoms with Crippen LogP contribution in [0.5, 0.6) is 0 Å². The second kappa shape index (κ2) is 4.75. The minimum Gasteiger partial charge on any atom is -0.392 e. The summed E-state index contributed by atoms with van der Waals surface area (Å²) in [6.07, 6.45) is 0.382. The normalized spacial score (nSPS) is 10.4. The van der Waals surface area contributed by atoms with Gasteiger partial charge in [-0.25, -0.2) is 0 Å². The van der Waals surface area contributed by atoms with Crippen molar-refractivity contribution in [1.82, 2.24) is 10.1 Å². The van der Waals surface area contributed by atoms with Crippen LogP contribution < -0.4 is 5.73 Å². The van der Waals surface area contributed by atoms with Crippen LogP contribution in [-0.4, -0.2) is 21.2 Å². The maximum absolute atomic E-state index is 10.8. The maximum Gasteiger partial charge on any atom is 0.315 e. The molecule has 2 aromatic rings. The predicted octanol–water partition coefficient (Wildman–Crippen LogP) is 0.252. The zero-order valence-corrected chi connectivity index (χ0v) is 8.96. The van der Waals surface area contributed by atoms with Gasteiger partial charge in [0, 0.05) is 6.42 Å². The number of hydrogen-bond donors (Lipinski definition) is 2. The molecule has 17 heavy (non-hydrogen) atoms. The van der Waals surface area contributed by atoms with E-state index in [1.807, 2.05) is 24.3 Å². The Hall–Kier alpha value is -2.21. The van der Waals surface area contributed by atoms with Crippen LogP contribution in [0.25, 0.3) is 0 Å². The highest BCUT2D eigenvalue weighted by Gasteiger charge is 2.12. The summed E-state index contributed by atoms with van der Waals surface area (Å²) in [5.74, 6) is -0.597. The molecule has 88 valence electrons. The van der Waals surface area contributed by atoms with Crippen LogP contribution in [0.1, 0.15) is 27.6 Å². The van der Waals surface area contributed by atoms with Gasteiger partial charge < -0.3 is 15.4 Å². The van der Waals surface area contributed by atoms with Crippen molar-refractivity contribution >= 4 is 5.91 Å². The average molecular weight is 233 g/mol. The SMILES string of the molecule is NC(=O)c1nc(Cc2ccccc2CO)no1. The van der Waals surface area contributed by atoms with Gasteiger partial charge in [-0.15, -0.1) is 0 Å². The van der Waals surface area contributed by atoms with Crippen LogP contribution in [0, 0.1) is 0 Å². The Labute approximate surface area is 97.1 Å². The molecule has 1 aromatic heterocycles. The lowest BCUT2D eigenvalue weighted by Crippen LogP contribution is -2.11. The molecule has 0 spiro atoms. The van der Waals surface area contributed by atoms with E-state index < -0.39 is 5.91 Å². The second-order valence-electron chi connectivity index (χ2n) is 3.48. The van der Waals surface area contributed by atoms with Gasteiger partial charge in [0.05, 0.1) is 6.61 Å². The molecule has 0 saturated heterocycles. The Morgan fingerprint density at radius 3 is 2.65 bits per heavy atom.